The molecule has 0 heterocycles. The number of carboxylic acid groups (broad SMARTS) is 1. The summed E-state index contributed by atoms with van der Waals surface area (Å²) in [6.45, 7) is 0.258. The summed E-state index contributed by atoms with van der Waals surface area (Å²) >= 11 is 0. The van der Waals surface area contributed by atoms with E-state index in [2.05, 4.69) is 4.99 Å². The quantitative estimate of drug-likeness (QED) is 0.587. The highest BCUT2D eigenvalue weighted by molar-refractivity contribution is 5.79. The monoisotopic (exact) mass is 270 g/mol. The van der Waals surface area contributed by atoms with E-state index in [1.165, 1.54) is 0 Å². The van der Waals surface area contributed by atoms with Crippen LogP contribution in [-0.4, -0.2) is 35.8 Å². The molecule has 0 aliphatic heterocycles. The predicted molar refractivity (Wildman–Crippen MR) is 68.7 cm³/mol. The molecule has 0 amide bonds. The maximum Gasteiger partial charge on any atom is 0.329 e. The second kappa shape index (κ2) is 6.94. The second-order valence-corrected chi connectivity index (χ2v) is 4.20. The minimum Gasteiger partial charge on any atom is -0.480 e. The predicted octanol–water partition coefficient (Wildman–Crippen LogP) is 1.93. The Kier molecular flexibility index (Phi) is 5.57. The van der Waals surface area contributed by atoms with Crippen molar-refractivity contribution in [2.24, 2.45) is 10.7 Å². The summed E-state index contributed by atoms with van der Waals surface area (Å²) in [7, 11) is 0. The first-order valence-electron chi connectivity index (χ1n) is 5.82. The fourth-order valence-corrected chi connectivity index (χ4v) is 1.48. The Balaban J connectivity index is 2.42. The van der Waals surface area contributed by atoms with Crippen molar-refractivity contribution in [3.8, 4) is 0 Å². The van der Waals surface area contributed by atoms with Crippen molar-refractivity contribution in [3.05, 3.63) is 35.9 Å². The van der Waals surface area contributed by atoms with E-state index in [1.807, 2.05) is 30.3 Å². The van der Waals surface area contributed by atoms with Crippen LogP contribution in [0.25, 0.3) is 0 Å². The zero-order valence-corrected chi connectivity index (χ0v) is 10.3. The van der Waals surface area contributed by atoms with Crippen LogP contribution in [0.4, 0.5) is 8.78 Å². The van der Waals surface area contributed by atoms with Crippen LogP contribution >= 0.6 is 0 Å². The van der Waals surface area contributed by atoms with Crippen LogP contribution < -0.4 is 5.73 Å². The van der Waals surface area contributed by atoms with Crippen molar-refractivity contribution in [1.29, 1.82) is 0 Å². The van der Waals surface area contributed by atoms with E-state index in [0.717, 1.165) is 5.56 Å². The van der Waals surface area contributed by atoms with Gasteiger partial charge in [0.2, 0.25) is 0 Å². The fourth-order valence-electron chi connectivity index (χ4n) is 1.48. The molecule has 6 heteroatoms. The molecule has 1 rings (SSSR count). The van der Waals surface area contributed by atoms with Crippen molar-refractivity contribution in [1.82, 2.24) is 0 Å². The number of alkyl halides is 2. The first kappa shape index (κ1) is 15.2. The number of nitrogens with two attached hydrogens (primary N) is 1. The van der Waals surface area contributed by atoms with Gasteiger partial charge >= 0.3 is 5.97 Å². The van der Waals surface area contributed by atoms with Crippen LogP contribution in [0.2, 0.25) is 0 Å². The zero-order valence-electron chi connectivity index (χ0n) is 10.3. The number of aliphatic carboxylic acids is 1. The molecule has 0 radical (unpaired) electrons. The van der Waals surface area contributed by atoms with Gasteiger partial charge in [0.1, 0.15) is 0 Å². The molecular formula is C13H16F2N2O2. The molecule has 4 nitrogen and oxygen atoms in total. The molecule has 0 aliphatic carbocycles. The summed E-state index contributed by atoms with van der Waals surface area (Å²) in [5.74, 6) is -1.69. The SMILES string of the molecule is NC(CCCN=Cc1ccccc1)(C(=O)O)C(F)F. The summed E-state index contributed by atoms with van der Waals surface area (Å²) in [4.78, 5) is 14.7. The number of rotatable bonds is 7. The molecule has 1 atom stereocenters. The average molecular weight is 270 g/mol. The lowest BCUT2D eigenvalue weighted by atomic mass is 9.95. The Labute approximate surface area is 110 Å². The second-order valence-electron chi connectivity index (χ2n) is 4.20. The van der Waals surface area contributed by atoms with Crippen LogP contribution in [0.3, 0.4) is 0 Å². The number of hydrogen-bond acceptors (Lipinski definition) is 3. The van der Waals surface area contributed by atoms with E-state index in [9.17, 15) is 13.6 Å². The van der Waals surface area contributed by atoms with Crippen molar-refractivity contribution in [2.45, 2.75) is 24.8 Å². The highest BCUT2D eigenvalue weighted by Gasteiger charge is 2.43. The third kappa shape index (κ3) is 4.40. The molecule has 0 bridgehead atoms. The highest BCUT2D eigenvalue weighted by Crippen LogP contribution is 2.19. The molecule has 0 aliphatic rings. The molecule has 0 aromatic heterocycles. The average Bonchev–Trinajstić information content (AvgIpc) is 2.38. The van der Waals surface area contributed by atoms with Gasteiger partial charge in [-0.3, -0.25) is 4.99 Å². The third-order valence-electron chi connectivity index (χ3n) is 2.71. The lowest BCUT2D eigenvalue weighted by molar-refractivity contribution is -0.150. The van der Waals surface area contributed by atoms with Gasteiger partial charge in [-0.1, -0.05) is 30.3 Å². The van der Waals surface area contributed by atoms with E-state index in [-0.39, 0.29) is 19.4 Å². The van der Waals surface area contributed by atoms with Gasteiger partial charge in [-0.15, -0.1) is 0 Å². The molecule has 1 unspecified atom stereocenters. The van der Waals surface area contributed by atoms with Gasteiger partial charge in [0, 0.05) is 12.8 Å². The first-order valence-corrected chi connectivity index (χ1v) is 5.82. The van der Waals surface area contributed by atoms with Crippen LogP contribution in [-0.2, 0) is 4.79 Å². The van der Waals surface area contributed by atoms with E-state index >= 15 is 0 Å². The Morgan fingerprint density at radius 3 is 2.58 bits per heavy atom. The van der Waals surface area contributed by atoms with Gasteiger partial charge in [-0.2, -0.15) is 0 Å². The summed E-state index contributed by atoms with van der Waals surface area (Å²) in [6.07, 6.45) is -1.60. The number of nitrogens with zero attached hydrogens (tertiary/aromatic N) is 1. The summed E-state index contributed by atoms with van der Waals surface area (Å²) in [5, 5.41) is 8.69. The molecule has 0 saturated carbocycles. The minimum atomic E-state index is -3.09. The minimum absolute atomic E-state index is 0.191. The Bertz CT molecular complexity index is 438. The summed E-state index contributed by atoms with van der Waals surface area (Å²) in [6, 6.07) is 9.29. The maximum atomic E-state index is 12.6. The van der Waals surface area contributed by atoms with E-state index in [0.29, 0.717) is 0 Å². The Morgan fingerprint density at radius 2 is 2.05 bits per heavy atom. The van der Waals surface area contributed by atoms with Crippen molar-refractivity contribution in [2.75, 3.05) is 6.54 Å². The number of benzene rings is 1. The van der Waals surface area contributed by atoms with Crippen molar-refractivity contribution in [3.63, 3.8) is 0 Å². The smallest absolute Gasteiger partial charge is 0.329 e. The van der Waals surface area contributed by atoms with Gasteiger partial charge in [-0.25, -0.2) is 13.6 Å². The van der Waals surface area contributed by atoms with Gasteiger partial charge < -0.3 is 10.8 Å². The van der Waals surface area contributed by atoms with Crippen molar-refractivity contribution >= 4 is 12.2 Å². The topological polar surface area (TPSA) is 75.7 Å². The van der Waals surface area contributed by atoms with Gasteiger partial charge in [0.05, 0.1) is 0 Å². The normalized spacial score (nSPS) is 14.7. The van der Waals surface area contributed by atoms with Gasteiger partial charge in [0.15, 0.2) is 5.54 Å². The Morgan fingerprint density at radius 1 is 1.42 bits per heavy atom. The van der Waals surface area contributed by atoms with E-state index < -0.39 is 17.9 Å². The number of hydrogen-bond donors (Lipinski definition) is 2. The lowest BCUT2D eigenvalue weighted by Crippen LogP contribution is -2.54. The molecule has 19 heavy (non-hydrogen) atoms. The molecule has 0 saturated heterocycles. The number of aliphatic imine (C=N–C) groups is 1. The first-order chi connectivity index (χ1) is 8.97. The molecule has 0 fully saturated rings. The van der Waals surface area contributed by atoms with Crippen LogP contribution in [0, 0.1) is 0 Å². The standard InChI is InChI=1S/C13H16F2N2O2/c14-11(15)13(16,12(18)19)7-4-8-17-9-10-5-2-1-3-6-10/h1-3,5-6,9,11H,4,7-8,16H2,(H,18,19). The highest BCUT2D eigenvalue weighted by atomic mass is 19.3. The van der Waals surface area contributed by atoms with Crippen molar-refractivity contribution < 1.29 is 18.7 Å². The number of carboxylic acids is 1. The lowest BCUT2D eigenvalue weighted by Gasteiger charge is -2.22. The maximum absolute atomic E-state index is 12.6. The molecular weight excluding hydrogens is 254 g/mol. The number of halogens is 2. The molecule has 1 aromatic carbocycles. The summed E-state index contributed by atoms with van der Waals surface area (Å²) < 4.78 is 25.1. The molecule has 3 N–H and O–H groups in total. The molecule has 1 aromatic rings. The van der Waals surface area contributed by atoms with Gasteiger partial charge in [-0.05, 0) is 18.4 Å². The number of carbonyl (C=O) groups is 1. The van der Waals surface area contributed by atoms with E-state index in [1.54, 1.807) is 6.21 Å². The molecule has 0 spiro atoms. The van der Waals surface area contributed by atoms with E-state index in [4.69, 9.17) is 10.8 Å². The zero-order chi connectivity index (χ0) is 14.3. The van der Waals surface area contributed by atoms with Crippen LogP contribution in [0.15, 0.2) is 35.3 Å². The third-order valence-corrected chi connectivity index (χ3v) is 2.71. The largest absolute Gasteiger partial charge is 0.480 e. The van der Waals surface area contributed by atoms with Crippen LogP contribution in [0.5, 0.6) is 0 Å². The Hall–Kier alpha value is -1.82. The van der Waals surface area contributed by atoms with Gasteiger partial charge in [0.25, 0.3) is 6.43 Å². The van der Waals surface area contributed by atoms with Crippen LogP contribution in [0.1, 0.15) is 18.4 Å². The summed E-state index contributed by atoms with van der Waals surface area (Å²) in [5.41, 5.74) is 3.59. The fraction of sp³-hybridized carbons (Fsp3) is 0.385. The molecule has 104 valence electrons.